The normalized spacial score (nSPS) is 21.5. The van der Waals surface area contributed by atoms with Gasteiger partial charge in [0, 0.05) is 36.8 Å². The van der Waals surface area contributed by atoms with E-state index < -0.39 is 29.6 Å². The molecule has 0 aromatic carbocycles. The number of hydrazine groups is 1. The number of hydrogen-bond acceptors (Lipinski definition) is 4. The van der Waals surface area contributed by atoms with Crippen LogP contribution in [-0.4, -0.2) is 32.0 Å². The molecule has 2 aliphatic rings. The number of carbonyl (C=O) groups is 1. The molecule has 0 bridgehead atoms. The molecular weight excluding hydrogens is 385 g/mol. The molecular formula is C19H19F3N6O. The maximum absolute atomic E-state index is 14.3. The zero-order valence-corrected chi connectivity index (χ0v) is 15.8. The van der Waals surface area contributed by atoms with Crippen LogP contribution in [0.1, 0.15) is 31.7 Å². The number of amides is 1. The molecule has 7 nitrogen and oxygen atoms in total. The van der Waals surface area contributed by atoms with Crippen molar-refractivity contribution >= 4 is 17.4 Å². The first-order chi connectivity index (χ1) is 13.6. The number of alkyl halides is 2. The molecule has 3 N–H and O–H groups in total. The van der Waals surface area contributed by atoms with Crippen molar-refractivity contribution in [3.63, 3.8) is 0 Å². The molecule has 2 aliphatic carbocycles. The largest absolute Gasteiger partial charge is 0.303 e. The van der Waals surface area contributed by atoms with Crippen molar-refractivity contribution < 1.29 is 18.0 Å². The van der Waals surface area contributed by atoms with Gasteiger partial charge in [-0.25, -0.2) is 23.1 Å². The fourth-order valence-corrected chi connectivity index (χ4v) is 3.30. The average Bonchev–Trinajstić information content (AvgIpc) is 2.96. The Morgan fingerprint density at radius 1 is 1.34 bits per heavy atom. The summed E-state index contributed by atoms with van der Waals surface area (Å²) in [5.74, 6) is -5.85. The number of allylic oxidation sites excluding steroid dienone is 4. The quantitative estimate of drug-likeness (QED) is 0.415. The van der Waals surface area contributed by atoms with Crippen LogP contribution in [0, 0.1) is 16.7 Å². The Morgan fingerprint density at radius 2 is 2.07 bits per heavy atom. The van der Waals surface area contributed by atoms with E-state index >= 15 is 0 Å². The Balaban J connectivity index is 1.54. The van der Waals surface area contributed by atoms with Gasteiger partial charge in [-0.05, 0) is 11.6 Å². The summed E-state index contributed by atoms with van der Waals surface area (Å²) >= 11 is 0. The van der Waals surface area contributed by atoms with E-state index in [9.17, 15) is 18.0 Å². The minimum absolute atomic E-state index is 0.149. The first-order valence-electron chi connectivity index (χ1n) is 9.01. The molecule has 0 radical (unpaired) electrons. The number of carbonyl (C=O) groups excluding carboxylic acids is 1. The van der Waals surface area contributed by atoms with Crippen LogP contribution in [0.2, 0.25) is 0 Å². The smallest absolute Gasteiger partial charge is 0.260 e. The zero-order valence-electron chi connectivity index (χ0n) is 15.8. The highest BCUT2D eigenvalue weighted by Gasteiger charge is 2.61. The van der Waals surface area contributed by atoms with Crippen LogP contribution >= 0.6 is 0 Å². The molecule has 2 aromatic rings. The second-order valence-electron chi connectivity index (χ2n) is 7.90. The van der Waals surface area contributed by atoms with Crippen molar-refractivity contribution in [2.75, 3.05) is 0 Å². The molecule has 1 fully saturated rings. The third kappa shape index (κ3) is 3.74. The molecule has 2 heterocycles. The van der Waals surface area contributed by atoms with E-state index in [1.165, 1.54) is 12.3 Å². The van der Waals surface area contributed by atoms with Gasteiger partial charge in [0.1, 0.15) is 17.4 Å². The molecule has 0 aliphatic heterocycles. The Kier molecular flexibility index (Phi) is 4.25. The van der Waals surface area contributed by atoms with Crippen LogP contribution in [0.25, 0.3) is 5.65 Å². The van der Waals surface area contributed by atoms with Crippen molar-refractivity contribution in [2.45, 2.75) is 32.6 Å². The Bertz CT molecular complexity index is 1080. The molecule has 0 saturated heterocycles. The van der Waals surface area contributed by atoms with E-state index in [1.807, 2.05) is 19.9 Å². The second kappa shape index (κ2) is 6.43. The lowest BCUT2D eigenvalue weighted by atomic mass is 9.96. The van der Waals surface area contributed by atoms with E-state index in [2.05, 4.69) is 20.8 Å². The van der Waals surface area contributed by atoms with Crippen molar-refractivity contribution in [1.29, 1.82) is 5.41 Å². The highest BCUT2D eigenvalue weighted by atomic mass is 19.3. The second-order valence-corrected chi connectivity index (χ2v) is 7.90. The van der Waals surface area contributed by atoms with Gasteiger partial charge in [-0.1, -0.05) is 19.9 Å². The van der Waals surface area contributed by atoms with E-state index in [0.717, 1.165) is 0 Å². The number of nitrogens with zero attached hydrogens (tertiary/aromatic N) is 3. The Morgan fingerprint density at radius 3 is 2.69 bits per heavy atom. The summed E-state index contributed by atoms with van der Waals surface area (Å²) in [5, 5.41) is 8.09. The number of amidine groups is 1. The van der Waals surface area contributed by atoms with Gasteiger partial charge in [0.15, 0.2) is 11.5 Å². The van der Waals surface area contributed by atoms with Crippen molar-refractivity contribution in [1.82, 2.24) is 25.2 Å². The number of halogens is 3. The van der Waals surface area contributed by atoms with Crippen LogP contribution in [0.5, 0.6) is 0 Å². The first kappa shape index (κ1) is 19.2. The Hall–Kier alpha value is -3.17. The molecule has 4 rings (SSSR count). The van der Waals surface area contributed by atoms with E-state index in [0.29, 0.717) is 16.9 Å². The predicted octanol–water partition coefficient (Wildman–Crippen LogP) is 2.69. The van der Waals surface area contributed by atoms with Gasteiger partial charge in [-0.3, -0.25) is 21.1 Å². The van der Waals surface area contributed by atoms with Gasteiger partial charge in [0.2, 0.25) is 5.91 Å². The highest BCUT2D eigenvalue weighted by Crippen LogP contribution is 2.48. The Labute approximate surface area is 164 Å². The van der Waals surface area contributed by atoms with Crippen molar-refractivity contribution in [2.24, 2.45) is 11.3 Å². The molecule has 29 heavy (non-hydrogen) atoms. The monoisotopic (exact) mass is 404 g/mol. The maximum Gasteiger partial charge on any atom is 0.260 e. The highest BCUT2D eigenvalue weighted by molar-refractivity contribution is 5.96. The summed E-state index contributed by atoms with van der Waals surface area (Å²) in [4.78, 5) is 20.3. The van der Waals surface area contributed by atoms with Gasteiger partial charge in [-0.15, -0.1) is 0 Å². The maximum atomic E-state index is 14.3. The SMILES string of the molecule is CC1(C)C=C(F)C(Cc2nc(C(=N)NNC(=O)C3CC3(F)F)cn3ccnc23)=C1. The van der Waals surface area contributed by atoms with E-state index in [1.54, 1.807) is 16.8 Å². The van der Waals surface area contributed by atoms with Crippen LogP contribution in [0.15, 0.2) is 42.1 Å². The average molecular weight is 404 g/mol. The standard InChI is InChI=1S/C19H19F3N6O/c1-18(2)6-10(12(20)8-18)5-13-16-24-3-4-28(16)9-14(25-13)15(23)26-27-17(29)11-7-19(11,21)22/h3-4,6,8-9,11H,5,7H2,1-2H3,(H2,23,26)(H,27,29). The summed E-state index contributed by atoms with van der Waals surface area (Å²) < 4.78 is 41.8. The van der Waals surface area contributed by atoms with Gasteiger partial charge in [-0.2, -0.15) is 0 Å². The van der Waals surface area contributed by atoms with Crippen LogP contribution in [-0.2, 0) is 11.2 Å². The van der Waals surface area contributed by atoms with E-state index in [4.69, 9.17) is 5.41 Å². The summed E-state index contributed by atoms with van der Waals surface area (Å²) in [7, 11) is 0. The molecule has 2 aromatic heterocycles. The zero-order chi connectivity index (χ0) is 21.0. The van der Waals surface area contributed by atoms with Gasteiger partial charge >= 0.3 is 0 Å². The summed E-state index contributed by atoms with van der Waals surface area (Å²) in [6, 6.07) is 0. The van der Waals surface area contributed by atoms with Gasteiger partial charge < -0.3 is 4.40 Å². The molecule has 1 unspecified atom stereocenters. The number of rotatable bonds is 4. The molecule has 1 atom stereocenters. The number of fused-ring (bicyclic) bond motifs is 1. The van der Waals surface area contributed by atoms with Crippen molar-refractivity contribution in [3.8, 4) is 0 Å². The number of nitrogens with one attached hydrogen (secondary N) is 3. The van der Waals surface area contributed by atoms with Gasteiger partial charge in [0.05, 0.1) is 5.69 Å². The number of imidazole rings is 1. The van der Waals surface area contributed by atoms with Gasteiger partial charge in [0.25, 0.3) is 5.92 Å². The van der Waals surface area contributed by atoms with Crippen LogP contribution < -0.4 is 10.9 Å². The number of hydrogen-bond donors (Lipinski definition) is 3. The first-order valence-corrected chi connectivity index (χ1v) is 9.01. The lowest BCUT2D eigenvalue weighted by Crippen LogP contribution is -2.43. The minimum atomic E-state index is -2.99. The lowest BCUT2D eigenvalue weighted by molar-refractivity contribution is -0.125. The van der Waals surface area contributed by atoms with E-state index in [-0.39, 0.29) is 23.8 Å². The van der Waals surface area contributed by atoms with Crippen LogP contribution in [0.4, 0.5) is 13.2 Å². The number of aromatic nitrogens is 3. The molecule has 10 heteroatoms. The van der Waals surface area contributed by atoms with Crippen LogP contribution in [0.3, 0.4) is 0 Å². The molecule has 0 spiro atoms. The molecule has 1 saturated carbocycles. The lowest BCUT2D eigenvalue weighted by Gasteiger charge is -2.12. The summed E-state index contributed by atoms with van der Waals surface area (Å²) in [6.45, 7) is 3.78. The molecule has 1 amide bonds. The third-order valence-electron chi connectivity index (χ3n) is 4.86. The fraction of sp³-hybridized carbons (Fsp3) is 0.368. The molecule has 152 valence electrons. The fourth-order valence-electron chi connectivity index (χ4n) is 3.30. The third-order valence-corrected chi connectivity index (χ3v) is 4.86. The predicted molar refractivity (Wildman–Crippen MR) is 98.9 cm³/mol. The minimum Gasteiger partial charge on any atom is -0.303 e. The van der Waals surface area contributed by atoms with Crippen molar-refractivity contribution in [3.05, 3.63) is 53.5 Å². The topological polar surface area (TPSA) is 95.2 Å². The summed E-state index contributed by atoms with van der Waals surface area (Å²) in [5.41, 5.74) is 5.62. The summed E-state index contributed by atoms with van der Waals surface area (Å²) in [6.07, 6.45) is 7.74.